The second kappa shape index (κ2) is 7.71. The lowest BCUT2D eigenvalue weighted by molar-refractivity contribution is 0.0304. The molecule has 1 atom stereocenters. The van der Waals surface area contributed by atoms with Crippen LogP contribution in [0.5, 0.6) is 0 Å². The van der Waals surface area contributed by atoms with E-state index in [2.05, 4.69) is 21.0 Å². The van der Waals surface area contributed by atoms with Gasteiger partial charge >= 0.3 is 0 Å². The maximum atomic E-state index is 12.1. The smallest absolute Gasteiger partial charge is 0.300 e. The molecular formula is C15H18BrN3O5S. The molecule has 1 unspecified atom stereocenters. The van der Waals surface area contributed by atoms with Gasteiger partial charge < -0.3 is 9.15 Å². The van der Waals surface area contributed by atoms with Gasteiger partial charge in [-0.25, -0.2) is 13.1 Å². The Bertz CT molecular complexity index is 839. The average molecular weight is 432 g/mol. The second-order valence-corrected chi connectivity index (χ2v) is 8.51. The van der Waals surface area contributed by atoms with Crippen molar-refractivity contribution in [3.8, 4) is 0 Å². The van der Waals surface area contributed by atoms with Crippen molar-refractivity contribution in [3.63, 3.8) is 0 Å². The van der Waals surface area contributed by atoms with Crippen LogP contribution in [0.25, 0.3) is 0 Å². The molecule has 2 aromatic heterocycles. The Kier molecular flexibility index (Phi) is 5.60. The summed E-state index contributed by atoms with van der Waals surface area (Å²) in [5.74, 6) is -0.583. The van der Waals surface area contributed by atoms with E-state index in [9.17, 15) is 13.2 Å². The highest BCUT2D eigenvalue weighted by molar-refractivity contribution is 9.10. The van der Waals surface area contributed by atoms with Gasteiger partial charge in [-0.3, -0.25) is 9.48 Å². The summed E-state index contributed by atoms with van der Waals surface area (Å²) in [6.45, 7) is 0.890. The van der Waals surface area contributed by atoms with Gasteiger partial charge in [-0.2, -0.15) is 5.10 Å². The number of rotatable bonds is 6. The molecule has 1 saturated heterocycles. The van der Waals surface area contributed by atoms with Crippen LogP contribution in [0.1, 0.15) is 35.6 Å². The molecular weight excluding hydrogens is 414 g/mol. The summed E-state index contributed by atoms with van der Waals surface area (Å²) < 4.78 is 39.5. The van der Waals surface area contributed by atoms with Crippen LogP contribution in [-0.4, -0.2) is 42.6 Å². The first kappa shape index (κ1) is 18.2. The number of aromatic nitrogens is 2. The lowest BCUT2D eigenvalue weighted by Gasteiger charge is -2.22. The molecule has 0 radical (unpaired) electrons. The fraction of sp³-hybridized carbons (Fsp3) is 0.467. The predicted octanol–water partition coefficient (Wildman–Crippen LogP) is 1.92. The number of hydrogen-bond acceptors (Lipinski definition) is 6. The summed E-state index contributed by atoms with van der Waals surface area (Å²) in [6, 6.07) is 3.05. The summed E-state index contributed by atoms with van der Waals surface area (Å²) in [4.78, 5) is 12.1. The summed E-state index contributed by atoms with van der Waals surface area (Å²) in [6.07, 6.45) is 5.57. The normalized spacial score (nSPS) is 18.2. The first-order valence-corrected chi connectivity index (χ1v) is 10.3. The minimum Gasteiger partial charge on any atom is -0.454 e. The molecule has 1 aliphatic heterocycles. The van der Waals surface area contributed by atoms with Gasteiger partial charge in [0.2, 0.25) is 10.0 Å². The van der Waals surface area contributed by atoms with E-state index in [0.717, 1.165) is 17.3 Å². The average Bonchev–Trinajstić information content (AvgIpc) is 3.17. The number of ether oxygens (including phenoxy) is 1. The van der Waals surface area contributed by atoms with Crippen molar-refractivity contribution in [2.75, 3.05) is 12.4 Å². The molecule has 2 aromatic rings. The summed E-state index contributed by atoms with van der Waals surface area (Å²) >= 11 is 3.29. The number of nitrogens with zero attached hydrogens (tertiary/aromatic N) is 2. The van der Waals surface area contributed by atoms with E-state index in [1.807, 2.05) is 4.72 Å². The number of hydrogen-bond donors (Lipinski definition) is 1. The highest BCUT2D eigenvalue weighted by Crippen LogP contribution is 2.15. The zero-order chi connectivity index (χ0) is 17.9. The minimum atomic E-state index is -3.78. The third-order valence-electron chi connectivity index (χ3n) is 3.73. The molecule has 0 spiro atoms. The topological polar surface area (TPSA) is 103 Å². The van der Waals surface area contributed by atoms with Gasteiger partial charge in [-0.05, 0) is 47.3 Å². The number of furan rings is 1. The molecule has 3 heterocycles. The Morgan fingerprint density at radius 1 is 1.40 bits per heavy atom. The second-order valence-electron chi connectivity index (χ2n) is 5.82. The number of carbonyl (C=O) groups is 1. The highest BCUT2D eigenvalue weighted by Gasteiger charge is 2.25. The third-order valence-corrected chi connectivity index (χ3v) is 5.45. The first-order valence-electron chi connectivity index (χ1n) is 7.84. The van der Waals surface area contributed by atoms with Gasteiger partial charge in [0.25, 0.3) is 5.91 Å². The van der Waals surface area contributed by atoms with Crippen molar-refractivity contribution in [1.29, 1.82) is 0 Å². The van der Waals surface area contributed by atoms with Crippen molar-refractivity contribution in [3.05, 3.63) is 40.5 Å². The van der Waals surface area contributed by atoms with Gasteiger partial charge in [0.15, 0.2) is 5.76 Å². The SMILES string of the molecule is O=C(NS(=O)(=O)CC1CCCCO1)c1ccc(Cn2cc(Br)cn2)o1. The van der Waals surface area contributed by atoms with Crippen LogP contribution in [-0.2, 0) is 21.3 Å². The molecule has 10 heteroatoms. The van der Waals surface area contributed by atoms with Gasteiger partial charge in [0, 0.05) is 12.8 Å². The Balaban J connectivity index is 1.59. The molecule has 1 fully saturated rings. The number of halogens is 1. The van der Waals surface area contributed by atoms with Crippen LogP contribution in [0.4, 0.5) is 0 Å². The van der Waals surface area contributed by atoms with Crippen molar-refractivity contribution in [1.82, 2.24) is 14.5 Å². The Hall–Kier alpha value is -1.65. The van der Waals surface area contributed by atoms with E-state index >= 15 is 0 Å². The van der Waals surface area contributed by atoms with Crippen molar-refractivity contribution >= 4 is 31.9 Å². The third kappa shape index (κ3) is 5.16. The largest absolute Gasteiger partial charge is 0.454 e. The summed E-state index contributed by atoms with van der Waals surface area (Å²) in [7, 11) is -3.78. The number of nitrogens with one attached hydrogen (secondary N) is 1. The van der Waals surface area contributed by atoms with Crippen LogP contribution >= 0.6 is 15.9 Å². The fourth-order valence-corrected chi connectivity index (χ4v) is 4.13. The molecule has 1 N–H and O–H groups in total. The van der Waals surface area contributed by atoms with Crippen LogP contribution in [0.2, 0.25) is 0 Å². The molecule has 0 saturated carbocycles. The molecule has 8 nitrogen and oxygen atoms in total. The number of amides is 1. The highest BCUT2D eigenvalue weighted by atomic mass is 79.9. The quantitative estimate of drug-likeness (QED) is 0.748. The van der Waals surface area contributed by atoms with E-state index in [1.165, 1.54) is 6.07 Å². The van der Waals surface area contributed by atoms with Gasteiger partial charge in [-0.15, -0.1) is 0 Å². The van der Waals surface area contributed by atoms with E-state index < -0.39 is 15.9 Å². The number of carbonyl (C=O) groups excluding carboxylic acids is 1. The lowest BCUT2D eigenvalue weighted by atomic mass is 10.1. The van der Waals surface area contributed by atoms with E-state index in [0.29, 0.717) is 25.3 Å². The van der Waals surface area contributed by atoms with Gasteiger partial charge in [0.05, 0.1) is 29.1 Å². The van der Waals surface area contributed by atoms with Crippen LogP contribution in [0, 0.1) is 0 Å². The van der Waals surface area contributed by atoms with Gasteiger partial charge in [0.1, 0.15) is 5.76 Å². The van der Waals surface area contributed by atoms with Crippen LogP contribution in [0.15, 0.2) is 33.4 Å². The zero-order valence-electron chi connectivity index (χ0n) is 13.4. The zero-order valence-corrected chi connectivity index (χ0v) is 15.8. The maximum absolute atomic E-state index is 12.1. The Labute approximate surface area is 153 Å². The van der Waals surface area contributed by atoms with Crippen LogP contribution < -0.4 is 4.72 Å². The fourth-order valence-electron chi connectivity index (χ4n) is 2.59. The molecule has 0 aromatic carbocycles. The van der Waals surface area contributed by atoms with Gasteiger partial charge in [-0.1, -0.05) is 0 Å². The molecule has 136 valence electrons. The van der Waals surface area contributed by atoms with Crippen molar-refractivity contribution < 1.29 is 22.4 Å². The van der Waals surface area contributed by atoms with Crippen molar-refractivity contribution in [2.24, 2.45) is 0 Å². The molecule has 1 amide bonds. The molecule has 0 aliphatic carbocycles. The Morgan fingerprint density at radius 2 is 2.24 bits per heavy atom. The minimum absolute atomic E-state index is 0.0608. The Morgan fingerprint density at radius 3 is 2.92 bits per heavy atom. The van der Waals surface area contributed by atoms with E-state index in [-0.39, 0.29) is 17.6 Å². The summed E-state index contributed by atoms with van der Waals surface area (Å²) in [5, 5.41) is 4.09. The molecule has 1 aliphatic rings. The first-order chi connectivity index (χ1) is 11.9. The van der Waals surface area contributed by atoms with Crippen LogP contribution in [0.3, 0.4) is 0 Å². The molecule has 0 bridgehead atoms. The molecule has 3 rings (SSSR count). The summed E-state index contributed by atoms with van der Waals surface area (Å²) in [5.41, 5.74) is 0. The molecule has 25 heavy (non-hydrogen) atoms. The predicted molar refractivity (Wildman–Crippen MR) is 92.6 cm³/mol. The van der Waals surface area contributed by atoms with E-state index in [4.69, 9.17) is 9.15 Å². The maximum Gasteiger partial charge on any atom is 0.300 e. The standard InChI is InChI=1S/C15H18BrN3O5S/c16-11-7-17-19(8-11)9-12-4-5-14(24-12)15(20)18-25(21,22)10-13-3-1-2-6-23-13/h4-5,7-8,13H,1-3,6,9-10H2,(H,18,20). The number of sulfonamides is 1. The lowest BCUT2D eigenvalue weighted by Crippen LogP contribution is -2.38. The monoisotopic (exact) mass is 431 g/mol. The van der Waals surface area contributed by atoms with E-state index in [1.54, 1.807) is 23.1 Å². The van der Waals surface area contributed by atoms with Crippen molar-refractivity contribution in [2.45, 2.75) is 31.9 Å².